The Labute approximate surface area is 245 Å². The molecule has 6 aromatic carbocycles. The topological polar surface area (TPSA) is 9.86 Å². The van der Waals surface area contributed by atoms with Crippen LogP contribution in [0, 0.1) is 0 Å². The van der Waals surface area contributed by atoms with E-state index in [2.05, 4.69) is 156 Å². The van der Waals surface area contributed by atoms with Gasteiger partial charge in [0.1, 0.15) is 0 Å². The van der Waals surface area contributed by atoms with Crippen LogP contribution in [0.25, 0.3) is 60.4 Å². The Morgan fingerprint density at radius 3 is 1.98 bits per heavy atom. The van der Waals surface area contributed by atoms with Crippen molar-refractivity contribution in [3.63, 3.8) is 0 Å². The number of hydrogen-bond acceptors (Lipinski definition) is 0. The van der Waals surface area contributed by atoms with Crippen LogP contribution >= 0.6 is 0 Å². The van der Waals surface area contributed by atoms with Gasteiger partial charge in [0.2, 0.25) is 0 Å². The second-order valence-corrected chi connectivity index (χ2v) is 12.2. The van der Waals surface area contributed by atoms with Crippen molar-refractivity contribution in [2.45, 2.75) is 25.8 Å². The van der Waals surface area contributed by atoms with Gasteiger partial charge in [-0.1, -0.05) is 117 Å². The van der Waals surface area contributed by atoms with Crippen molar-refractivity contribution in [3.8, 4) is 16.8 Å². The average Bonchev–Trinajstić information content (AvgIpc) is 3.61. The second-order valence-electron chi connectivity index (χ2n) is 12.2. The number of benzene rings is 6. The van der Waals surface area contributed by atoms with Gasteiger partial charge in [0.05, 0.1) is 16.6 Å². The lowest BCUT2D eigenvalue weighted by Gasteiger charge is -2.21. The highest BCUT2D eigenvalue weighted by Crippen LogP contribution is 2.51. The van der Waals surface area contributed by atoms with E-state index < -0.39 is 0 Å². The Bertz CT molecular complexity index is 2330. The van der Waals surface area contributed by atoms with Gasteiger partial charge in [-0.15, -0.1) is 0 Å². The van der Waals surface area contributed by atoms with E-state index in [0.717, 1.165) is 6.54 Å². The Kier molecular flexibility index (Phi) is 4.76. The number of nitrogens with zero attached hydrogens (tertiary/aromatic N) is 2. The molecule has 0 radical (unpaired) electrons. The maximum absolute atomic E-state index is 2.58. The third kappa shape index (κ3) is 3.10. The zero-order valence-corrected chi connectivity index (χ0v) is 23.8. The van der Waals surface area contributed by atoms with Crippen LogP contribution in [-0.2, 0) is 12.0 Å². The predicted molar refractivity (Wildman–Crippen MR) is 177 cm³/mol. The fourth-order valence-corrected chi connectivity index (χ4v) is 7.60. The van der Waals surface area contributed by atoms with Gasteiger partial charge in [-0.05, 0) is 58.1 Å². The first-order valence-corrected chi connectivity index (χ1v) is 14.8. The summed E-state index contributed by atoms with van der Waals surface area (Å²) in [6.45, 7) is 5.56. The summed E-state index contributed by atoms with van der Waals surface area (Å²) in [5.74, 6) is 0. The number of aromatic nitrogens is 2. The fourth-order valence-electron chi connectivity index (χ4n) is 7.60. The normalized spacial score (nSPS) is 13.8. The molecule has 9 rings (SSSR count). The van der Waals surface area contributed by atoms with Crippen LogP contribution in [0.3, 0.4) is 0 Å². The van der Waals surface area contributed by atoms with Gasteiger partial charge in [-0.3, -0.25) is 0 Å². The van der Waals surface area contributed by atoms with Crippen molar-refractivity contribution in [3.05, 3.63) is 150 Å². The molecule has 42 heavy (non-hydrogen) atoms. The SMILES string of the molecule is CC1(C)c2ccccc2-c2cc3c4ccc5c6ccccc6n(-c6ccccc6)c5c4n(Cc4ccccc4)c3cc21. The quantitative estimate of drug-likeness (QED) is 0.212. The van der Waals surface area contributed by atoms with Gasteiger partial charge in [0.15, 0.2) is 0 Å². The zero-order chi connectivity index (χ0) is 28.0. The van der Waals surface area contributed by atoms with E-state index in [1.54, 1.807) is 0 Å². The largest absolute Gasteiger partial charge is 0.334 e. The number of fused-ring (bicyclic) bond motifs is 10. The number of para-hydroxylation sites is 2. The molecular formula is C40H30N2. The van der Waals surface area contributed by atoms with Crippen LogP contribution in [0.1, 0.15) is 30.5 Å². The Morgan fingerprint density at radius 2 is 1.17 bits per heavy atom. The van der Waals surface area contributed by atoms with Gasteiger partial charge in [0, 0.05) is 44.7 Å². The highest BCUT2D eigenvalue weighted by molar-refractivity contribution is 6.23. The summed E-state index contributed by atoms with van der Waals surface area (Å²) in [5, 5.41) is 5.20. The first-order valence-electron chi connectivity index (χ1n) is 14.8. The second kappa shape index (κ2) is 8.47. The van der Waals surface area contributed by atoms with Crippen molar-refractivity contribution in [2.24, 2.45) is 0 Å². The molecule has 200 valence electrons. The lowest BCUT2D eigenvalue weighted by Crippen LogP contribution is -2.15. The van der Waals surface area contributed by atoms with Crippen molar-refractivity contribution < 1.29 is 0 Å². The molecule has 0 saturated heterocycles. The minimum atomic E-state index is -0.0532. The summed E-state index contributed by atoms with van der Waals surface area (Å²) < 4.78 is 5.06. The smallest absolute Gasteiger partial charge is 0.0785 e. The molecule has 2 nitrogen and oxygen atoms in total. The molecule has 1 aliphatic carbocycles. The summed E-state index contributed by atoms with van der Waals surface area (Å²) in [6.07, 6.45) is 0. The van der Waals surface area contributed by atoms with E-state index in [4.69, 9.17) is 0 Å². The molecule has 8 aromatic rings. The predicted octanol–water partition coefficient (Wildman–Crippen LogP) is 10.2. The van der Waals surface area contributed by atoms with E-state index in [9.17, 15) is 0 Å². The van der Waals surface area contributed by atoms with Gasteiger partial charge < -0.3 is 9.13 Å². The molecule has 2 aromatic heterocycles. The van der Waals surface area contributed by atoms with E-state index >= 15 is 0 Å². The first kappa shape index (κ1) is 23.6. The highest BCUT2D eigenvalue weighted by atomic mass is 15.0. The van der Waals surface area contributed by atoms with Crippen molar-refractivity contribution in [1.82, 2.24) is 9.13 Å². The van der Waals surface area contributed by atoms with Crippen LogP contribution in [0.15, 0.2) is 133 Å². The maximum Gasteiger partial charge on any atom is 0.0785 e. The molecular weight excluding hydrogens is 508 g/mol. The standard InChI is InChI=1S/C40H30N2/c1-40(2)34-19-11-9-17-28(34)32-23-33-31-22-21-30-29-18-10-12-20-36(29)42(27-15-7-4-8-16-27)39(30)38(31)41(37(33)24-35(32)40)25-26-13-5-3-6-14-26/h3-24H,25H2,1-2H3. The van der Waals surface area contributed by atoms with Crippen LogP contribution in [0.2, 0.25) is 0 Å². The van der Waals surface area contributed by atoms with Crippen LogP contribution in [0.4, 0.5) is 0 Å². The third-order valence-electron chi connectivity index (χ3n) is 9.56. The average molecular weight is 539 g/mol. The number of hydrogen-bond donors (Lipinski definition) is 0. The van der Waals surface area contributed by atoms with E-state index in [-0.39, 0.29) is 5.41 Å². The summed E-state index contributed by atoms with van der Waals surface area (Å²) in [6, 6.07) is 49.2. The minimum absolute atomic E-state index is 0.0532. The molecule has 0 bridgehead atoms. The molecule has 0 aliphatic heterocycles. The molecule has 2 heteroatoms. The highest BCUT2D eigenvalue weighted by Gasteiger charge is 2.36. The van der Waals surface area contributed by atoms with Gasteiger partial charge in [-0.25, -0.2) is 0 Å². The third-order valence-corrected chi connectivity index (χ3v) is 9.56. The maximum atomic E-state index is 2.58. The lowest BCUT2D eigenvalue weighted by molar-refractivity contribution is 0.660. The zero-order valence-electron chi connectivity index (χ0n) is 23.8. The molecule has 0 spiro atoms. The van der Waals surface area contributed by atoms with Crippen molar-refractivity contribution in [2.75, 3.05) is 0 Å². The van der Waals surface area contributed by atoms with Gasteiger partial charge >= 0.3 is 0 Å². The summed E-state index contributed by atoms with van der Waals surface area (Å²) in [7, 11) is 0. The van der Waals surface area contributed by atoms with E-state index in [1.807, 2.05) is 0 Å². The summed E-state index contributed by atoms with van der Waals surface area (Å²) >= 11 is 0. The lowest BCUT2D eigenvalue weighted by atomic mass is 9.82. The van der Waals surface area contributed by atoms with Gasteiger partial charge in [-0.2, -0.15) is 0 Å². The number of rotatable bonds is 3. The monoisotopic (exact) mass is 538 g/mol. The molecule has 2 heterocycles. The Hall–Kier alpha value is -5.08. The summed E-state index contributed by atoms with van der Waals surface area (Å²) in [5.41, 5.74) is 13.1. The molecule has 1 aliphatic rings. The summed E-state index contributed by atoms with van der Waals surface area (Å²) in [4.78, 5) is 0. The Balaban J connectivity index is 1.48. The molecule has 0 atom stereocenters. The van der Waals surface area contributed by atoms with E-state index in [0.29, 0.717) is 0 Å². The molecule has 0 amide bonds. The molecule has 0 saturated carbocycles. The van der Waals surface area contributed by atoms with Crippen LogP contribution in [0.5, 0.6) is 0 Å². The van der Waals surface area contributed by atoms with E-state index in [1.165, 1.54) is 77.1 Å². The Morgan fingerprint density at radius 1 is 0.500 bits per heavy atom. The molecule has 0 fully saturated rings. The van der Waals surface area contributed by atoms with Crippen molar-refractivity contribution >= 4 is 43.6 Å². The fraction of sp³-hybridized carbons (Fsp3) is 0.100. The van der Waals surface area contributed by atoms with Crippen molar-refractivity contribution in [1.29, 1.82) is 0 Å². The molecule has 0 unspecified atom stereocenters. The minimum Gasteiger partial charge on any atom is -0.334 e. The van der Waals surface area contributed by atoms with Crippen LogP contribution < -0.4 is 0 Å². The van der Waals surface area contributed by atoms with Gasteiger partial charge in [0.25, 0.3) is 0 Å². The first-order chi connectivity index (χ1) is 20.6. The molecule has 0 N–H and O–H groups in total. The van der Waals surface area contributed by atoms with Crippen LogP contribution in [-0.4, -0.2) is 9.13 Å².